The van der Waals surface area contributed by atoms with Crippen LogP contribution in [0.15, 0.2) is 67.0 Å². The maximum Gasteiger partial charge on any atom is 0.305 e. The van der Waals surface area contributed by atoms with E-state index in [9.17, 15) is 19.2 Å². The van der Waals surface area contributed by atoms with Crippen molar-refractivity contribution in [1.29, 1.82) is 0 Å². The Labute approximate surface area is 327 Å². The smallest absolute Gasteiger partial charge is 0.305 e. The number of hydrogen-bond acceptors (Lipinski definition) is 10. The summed E-state index contributed by atoms with van der Waals surface area (Å²) in [4.78, 5) is 52.1. The van der Waals surface area contributed by atoms with Gasteiger partial charge < -0.3 is 14.4 Å². The number of fused-ring (bicyclic) bond motifs is 4. The fraction of sp³-hybridized carbons (Fsp3) is 0.310. The van der Waals surface area contributed by atoms with Gasteiger partial charge in [0.25, 0.3) is 5.91 Å². The number of thiophene rings is 1. The molecule has 0 saturated carbocycles. The highest BCUT2D eigenvalue weighted by Gasteiger charge is 2.39. The molecule has 14 heteroatoms. The van der Waals surface area contributed by atoms with E-state index in [1.54, 1.807) is 28.3 Å². The SMILES string of the molecule is Cc1nnc2n1-c1sc(C#Cc3cnn(CCCC(=O)OCC/C=C/c4cccc5c4CN(C4CCC(=O)NC4=O)C5=O)c3)c(Cc3ccccc3)c1COC2. The number of aryl methyl sites for hydroxylation is 2. The number of ether oxygens (including phenoxy) is 2. The topological polar surface area (TPSA) is 151 Å². The van der Waals surface area contributed by atoms with Crippen LogP contribution in [0, 0.1) is 18.8 Å². The Hall–Kier alpha value is -6.17. The number of imide groups is 1. The molecule has 3 aliphatic rings. The molecule has 6 heterocycles. The van der Waals surface area contributed by atoms with Gasteiger partial charge >= 0.3 is 5.97 Å². The van der Waals surface area contributed by atoms with Crippen molar-refractivity contribution in [2.45, 2.75) is 77.8 Å². The Kier molecular flexibility index (Phi) is 10.7. The highest BCUT2D eigenvalue weighted by atomic mass is 32.1. The molecule has 1 unspecified atom stereocenters. The van der Waals surface area contributed by atoms with E-state index in [-0.39, 0.29) is 37.2 Å². The molecule has 1 N–H and O–H groups in total. The molecule has 8 rings (SSSR count). The molecule has 284 valence electrons. The van der Waals surface area contributed by atoms with Crippen molar-refractivity contribution in [2.24, 2.45) is 0 Å². The van der Waals surface area contributed by atoms with Crippen LogP contribution < -0.4 is 5.32 Å². The van der Waals surface area contributed by atoms with Crippen LogP contribution in [0.3, 0.4) is 0 Å². The standard InChI is InChI=1S/C42H39N7O6S/c1-27-45-46-37-26-54-25-34-32(21-28-9-3-2-4-10-28)36(56-42(34)49(27)37)17-15-29-22-43-47(23-29)19-8-14-39(51)55-20-6-5-11-30-12-7-13-31-33(30)24-48(41(31)53)35-16-18-38(50)44-40(35)52/h2-5,7,9-13,22-23,35H,6,8,14,16,18-21,24-26H2,1H3,(H,44,50,52)/b11-5+. The highest BCUT2D eigenvalue weighted by Crippen LogP contribution is 2.37. The monoisotopic (exact) mass is 769 g/mol. The molecule has 1 atom stereocenters. The van der Waals surface area contributed by atoms with Gasteiger partial charge in [-0.1, -0.05) is 66.5 Å². The van der Waals surface area contributed by atoms with Crippen LogP contribution in [-0.2, 0) is 56.6 Å². The first-order valence-corrected chi connectivity index (χ1v) is 19.4. The van der Waals surface area contributed by atoms with Crippen LogP contribution >= 0.6 is 11.3 Å². The van der Waals surface area contributed by atoms with Crippen molar-refractivity contribution in [2.75, 3.05) is 6.61 Å². The minimum absolute atomic E-state index is 0.209. The summed E-state index contributed by atoms with van der Waals surface area (Å²) in [5, 5.41) is 16.5. The van der Waals surface area contributed by atoms with Crippen molar-refractivity contribution >= 4 is 41.1 Å². The molecule has 13 nitrogen and oxygen atoms in total. The number of nitrogens with one attached hydrogen (secondary N) is 1. The molecule has 56 heavy (non-hydrogen) atoms. The fourth-order valence-corrected chi connectivity index (χ4v) is 8.51. The first-order chi connectivity index (χ1) is 27.3. The van der Waals surface area contributed by atoms with Gasteiger partial charge in [-0.05, 0) is 60.9 Å². The second-order valence-electron chi connectivity index (χ2n) is 13.9. The van der Waals surface area contributed by atoms with E-state index in [0.717, 1.165) is 55.8 Å². The van der Waals surface area contributed by atoms with E-state index in [0.29, 0.717) is 51.1 Å². The molecule has 3 aliphatic heterocycles. The van der Waals surface area contributed by atoms with Gasteiger partial charge in [0.1, 0.15) is 23.5 Å². The first-order valence-electron chi connectivity index (χ1n) is 18.6. The van der Waals surface area contributed by atoms with Gasteiger partial charge in [-0.25, -0.2) is 0 Å². The normalized spacial score (nSPS) is 16.2. The van der Waals surface area contributed by atoms with Crippen molar-refractivity contribution in [1.82, 2.24) is 34.8 Å². The summed E-state index contributed by atoms with van der Waals surface area (Å²) in [6.07, 6.45) is 10.0. The number of amides is 3. The number of carbonyl (C=O) groups is 4. The molecule has 1 saturated heterocycles. The Bertz CT molecular complexity index is 2420. The number of aromatic nitrogens is 5. The van der Waals surface area contributed by atoms with E-state index in [1.165, 1.54) is 10.5 Å². The lowest BCUT2D eigenvalue weighted by atomic mass is 10.0. The predicted octanol–water partition coefficient (Wildman–Crippen LogP) is 5.04. The average Bonchev–Trinajstić information content (AvgIpc) is 3.94. The summed E-state index contributed by atoms with van der Waals surface area (Å²) >= 11 is 1.63. The summed E-state index contributed by atoms with van der Waals surface area (Å²) in [5.41, 5.74) is 6.50. The maximum absolute atomic E-state index is 13.1. The number of benzene rings is 2. The number of nitrogens with zero attached hydrogens (tertiary/aromatic N) is 6. The molecule has 5 aromatic rings. The second kappa shape index (κ2) is 16.3. The quantitative estimate of drug-likeness (QED) is 0.0844. The fourth-order valence-electron chi connectivity index (χ4n) is 7.27. The molecule has 2 aromatic carbocycles. The second-order valence-corrected chi connectivity index (χ2v) is 14.9. The van der Waals surface area contributed by atoms with Gasteiger partial charge in [-0.15, -0.1) is 21.5 Å². The molecule has 0 bridgehead atoms. The summed E-state index contributed by atoms with van der Waals surface area (Å²) in [7, 11) is 0. The summed E-state index contributed by atoms with van der Waals surface area (Å²) in [6, 6.07) is 15.2. The first kappa shape index (κ1) is 36.8. The van der Waals surface area contributed by atoms with Gasteiger partial charge in [0.05, 0.1) is 29.9 Å². The summed E-state index contributed by atoms with van der Waals surface area (Å²) in [5.74, 6) is 7.07. The van der Waals surface area contributed by atoms with Crippen LogP contribution in [-0.4, -0.2) is 65.8 Å². The largest absolute Gasteiger partial charge is 0.465 e. The molecule has 0 spiro atoms. The van der Waals surface area contributed by atoms with Crippen molar-refractivity contribution in [3.8, 4) is 16.8 Å². The van der Waals surface area contributed by atoms with E-state index < -0.39 is 11.9 Å². The van der Waals surface area contributed by atoms with Gasteiger partial charge in [0.2, 0.25) is 11.8 Å². The number of carbonyl (C=O) groups excluding carboxylic acids is 4. The van der Waals surface area contributed by atoms with E-state index >= 15 is 0 Å². The third kappa shape index (κ3) is 7.82. The van der Waals surface area contributed by atoms with Crippen LogP contribution in [0.25, 0.3) is 11.1 Å². The van der Waals surface area contributed by atoms with Gasteiger partial charge in [-0.2, -0.15) is 5.10 Å². The molecule has 0 radical (unpaired) electrons. The highest BCUT2D eigenvalue weighted by molar-refractivity contribution is 7.15. The molecule has 0 aliphatic carbocycles. The molecule has 1 fully saturated rings. The maximum atomic E-state index is 13.1. The number of hydrogen-bond donors (Lipinski definition) is 1. The van der Waals surface area contributed by atoms with E-state index in [2.05, 4.69) is 49.2 Å². The lowest BCUT2D eigenvalue weighted by Crippen LogP contribution is -2.52. The Morgan fingerprint density at radius 1 is 1.07 bits per heavy atom. The predicted molar refractivity (Wildman–Crippen MR) is 206 cm³/mol. The molecule has 3 amide bonds. The van der Waals surface area contributed by atoms with Gasteiger partial charge in [0, 0.05) is 43.3 Å². The van der Waals surface area contributed by atoms with Crippen LogP contribution in [0.2, 0.25) is 0 Å². The van der Waals surface area contributed by atoms with E-state index in [1.807, 2.05) is 55.6 Å². The minimum Gasteiger partial charge on any atom is -0.465 e. The lowest BCUT2D eigenvalue weighted by molar-refractivity contribution is -0.143. The molecule has 3 aromatic heterocycles. The third-order valence-electron chi connectivity index (χ3n) is 10.1. The Balaban J connectivity index is 0.830. The van der Waals surface area contributed by atoms with Crippen LogP contribution in [0.5, 0.6) is 0 Å². The minimum atomic E-state index is -0.662. The zero-order chi connectivity index (χ0) is 38.6. The van der Waals surface area contributed by atoms with Crippen molar-refractivity contribution < 1.29 is 28.7 Å². The van der Waals surface area contributed by atoms with Crippen LogP contribution in [0.4, 0.5) is 0 Å². The van der Waals surface area contributed by atoms with Crippen molar-refractivity contribution in [3.05, 3.63) is 122 Å². The average molecular weight is 770 g/mol. The number of piperidine rings is 1. The summed E-state index contributed by atoms with van der Waals surface area (Å²) < 4.78 is 15.4. The van der Waals surface area contributed by atoms with E-state index in [4.69, 9.17) is 9.47 Å². The zero-order valence-electron chi connectivity index (χ0n) is 30.8. The third-order valence-corrected chi connectivity index (χ3v) is 11.3. The van der Waals surface area contributed by atoms with Crippen LogP contribution in [0.1, 0.15) is 92.4 Å². The lowest BCUT2D eigenvalue weighted by Gasteiger charge is -2.29. The van der Waals surface area contributed by atoms with Gasteiger partial charge in [-0.3, -0.25) is 33.7 Å². The molecular weight excluding hydrogens is 731 g/mol. The Morgan fingerprint density at radius 2 is 1.95 bits per heavy atom. The Morgan fingerprint density at radius 3 is 2.80 bits per heavy atom. The summed E-state index contributed by atoms with van der Waals surface area (Å²) in [6.45, 7) is 3.90. The zero-order valence-corrected chi connectivity index (χ0v) is 31.6. The van der Waals surface area contributed by atoms with Crippen molar-refractivity contribution in [3.63, 3.8) is 0 Å². The number of esters is 1. The number of rotatable bonds is 11. The molecular formula is C42H39N7O6S. The van der Waals surface area contributed by atoms with Gasteiger partial charge in [0.15, 0.2) is 5.82 Å².